The number of amides is 1. The molecule has 0 aliphatic heterocycles. The van der Waals surface area contributed by atoms with Gasteiger partial charge in [0.2, 0.25) is 11.8 Å². The fraction of sp³-hybridized carbons (Fsp3) is 0.143. The summed E-state index contributed by atoms with van der Waals surface area (Å²) in [5, 5.41) is 2.85. The summed E-state index contributed by atoms with van der Waals surface area (Å²) >= 11 is 0. The Labute approximate surface area is 157 Å². The van der Waals surface area contributed by atoms with Crippen molar-refractivity contribution in [2.45, 2.75) is 6.42 Å². The molecule has 3 aromatic rings. The summed E-state index contributed by atoms with van der Waals surface area (Å²) in [5.41, 5.74) is 1.25. The molecule has 0 atom stereocenters. The number of nitrogens with zero attached hydrogens (tertiary/aromatic N) is 1. The first-order chi connectivity index (χ1) is 13.2. The molecule has 0 aliphatic rings. The first kappa shape index (κ1) is 18.3. The minimum atomic E-state index is -0.204. The van der Waals surface area contributed by atoms with Crippen LogP contribution < -0.4 is 19.5 Å². The lowest BCUT2D eigenvalue weighted by atomic mass is 10.1. The monoisotopic (exact) mass is 364 g/mol. The van der Waals surface area contributed by atoms with Crippen LogP contribution in [-0.4, -0.2) is 25.1 Å². The van der Waals surface area contributed by atoms with Gasteiger partial charge in [-0.2, -0.15) is 0 Å². The molecule has 1 N–H and O–H groups in total. The number of nitrogens with one attached hydrogen (secondary N) is 1. The smallest absolute Gasteiger partial charge is 0.243 e. The van der Waals surface area contributed by atoms with Crippen LogP contribution in [0.5, 0.6) is 23.1 Å². The summed E-state index contributed by atoms with van der Waals surface area (Å²) in [4.78, 5) is 16.7. The molecule has 0 saturated heterocycles. The van der Waals surface area contributed by atoms with Crippen molar-refractivity contribution in [1.82, 2.24) is 4.98 Å². The van der Waals surface area contributed by atoms with E-state index in [0.717, 1.165) is 5.56 Å². The van der Waals surface area contributed by atoms with Crippen LogP contribution in [0.2, 0.25) is 0 Å². The molecule has 0 aliphatic carbocycles. The van der Waals surface area contributed by atoms with Gasteiger partial charge in [-0.15, -0.1) is 0 Å². The van der Waals surface area contributed by atoms with Gasteiger partial charge in [0, 0.05) is 17.8 Å². The second-order valence-electron chi connectivity index (χ2n) is 5.67. The molecule has 6 nitrogen and oxygen atoms in total. The summed E-state index contributed by atoms with van der Waals surface area (Å²) in [5.74, 6) is 2.03. The van der Waals surface area contributed by atoms with Gasteiger partial charge in [0.05, 0.1) is 20.6 Å². The van der Waals surface area contributed by atoms with E-state index in [1.165, 1.54) is 0 Å². The van der Waals surface area contributed by atoms with Gasteiger partial charge in [-0.05, 0) is 30.3 Å². The van der Waals surface area contributed by atoms with Gasteiger partial charge in [0.1, 0.15) is 22.9 Å². The van der Waals surface area contributed by atoms with Crippen LogP contribution in [-0.2, 0) is 11.2 Å². The standard InChI is InChI=1S/C21H20N2O4/c1-25-17-11-10-15(19(14-17)26-2)13-20(24)23-18-9-6-12-22-21(18)27-16-7-4-3-5-8-16/h3-12,14H,13H2,1-2H3,(H,23,24). The number of methoxy groups -OCH3 is 2. The number of hydrogen-bond donors (Lipinski definition) is 1. The fourth-order valence-corrected chi connectivity index (χ4v) is 2.53. The van der Waals surface area contributed by atoms with Crippen molar-refractivity contribution in [3.63, 3.8) is 0 Å². The van der Waals surface area contributed by atoms with Crippen LogP contribution >= 0.6 is 0 Å². The highest BCUT2D eigenvalue weighted by Crippen LogP contribution is 2.28. The van der Waals surface area contributed by atoms with Gasteiger partial charge in [-0.1, -0.05) is 24.3 Å². The summed E-state index contributed by atoms with van der Waals surface area (Å²) in [7, 11) is 3.14. The van der Waals surface area contributed by atoms with Gasteiger partial charge in [-0.25, -0.2) is 4.98 Å². The van der Waals surface area contributed by atoms with E-state index in [0.29, 0.717) is 28.8 Å². The number of aromatic nitrogens is 1. The van der Waals surface area contributed by atoms with Crippen LogP contribution in [0.1, 0.15) is 5.56 Å². The molecule has 1 aromatic heterocycles. The Morgan fingerprint density at radius 3 is 2.52 bits per heavy atom. The zero-order chi connectivity index (χ0) is 19.1. The molecule has 0 bridgehead atoms. The van der Waals surface area contributed by atoms with Gasteiger partial charge in [0.15, 0.2) is 0 Å². The Hall–Kier alpha value is -3.54. The third kappa shape index (κ3) is 4.76. The van der Waals surface area contributed by atoms with Gasteiger partial charge >= 0.3 is 0 Å². The van der Waals surface area contributed by atoms with Crippen LogP contribution in [0, 0.1) is 0 Å². The number of carbonyl (C=O) groups excluding carboxylic acids is 1. The third-order valence-electron chi connectivity index (χ3n) is 3.85. The quantitative estimate of drug-likeness (QED) is 0.684. The number of pyridine rings is 1. The van der Waals surface area contributed by atoms with E-state index < -0.39 is 0 Å². The molecule has 0 saturated carbocycles. The largest absolute Gasteiger partial charge is 0.497 e. The van der Waals surface area contributed by atoms with Crippen molar-refractivity contribution in [1.29, 1.82) is 0 Å². The van der Waals surface area contributed by atoms with Crippen molar-refractivity contribution in [2.75, 3.05) is 19.5 Å². The second kappa shape index (κ2) is 8.71. The summed E-state index contributed by atoms with van der Waals surface area (Å²) in [6, 6.07) is 18.1. The molecule has 138 valence electrons. The Balaban J connectivity index is 1.73. The number of benzene rings is 2. The van der Waals surface area contributed by atoms with Crippen molar-refractivity contribution in [3.8, 4) is 23.1 Å². The molecule has 2 aromatic carbocycles. The zero-order valence-corrected chi connectivity index (χ0v) is 15.1. The highest BCUT2D eigenvalue weighted by atomic mass is 16.5. The highest BCUT2D eigenvalue weighted by Gasteiger charge is 2.13. The summed E-state index contributed by atoms with van der Waals surface area (Å²) < 4.78 is 16.3. The fourth-order valence-electron chi connectivity index (χ4n) is 2.53. The maximum Gasteiger partial charge on any atom is 0.243 e. The molecule has 1 amide bonds. The van der Waals surface area contributed by atoms with E-state index in [-0.39, 0.29) is 12.3 Å². The second-order valence-corrected chi connectivity index (χ2v) is 5.67. The highest BCUT2D eigenvalue weighted by molar-refractivity contribution is 5.93. The van der Waals surface area contributed by atoms with E-state index in [1.807, 2.05) is 36.4 Å². The SMILES string of the molecule is COc1ccc(CC(=O)Nc2cccnc2Oc2ccccc2)c(OC)c1. The minimum absolute atomic E-state index is 0.146. The molecule has 0 radical (unpaired) electrons. The summed E-state index contributed by atoms with van der Waals surface area (Å²) in [6.07, 6.45) is 1.76. The van der Waals surface area contributed by atoms with Crippen LogP contribution in [0.4, 0.5) is 5.69 Å². The van der Waals surface area contributed by atoms with E-state index in [1.54, 1.807) is 44.7 Å². The van der Waals surface area contributed by atoms with E-state index in [2.05, 4.69) is 10.3 Å². The van der Waals surface area contributed by atoms with Crippen molar-refractivity contribution in [3.05, 3.63) is 72.4 Å². The maximum absolute atomic E-state index is 12.5. The maximum atomic E-state index is 12.5. The average molecular weight is 364 g/mol. The predicted molar refractivity (Wildman–Crippen MR) is 103 cm³/mol. The Morgan fingerprint density at radius 2 is 1.78 bits per heavy atom. The Bertz CT molecular complexity index is 913. The number of carbonyl (C=O) groups is 1. The molecule has 6 heteroatoms. The first-order valence-corrected chi connectivity index (χ1v) is 8.38. The van der Waals surface area contributed by atoms with Crippen molar-refractivity contribution in [2.24, 2.45) is 0 Å². The molecule has 0 spiro atoms. The number of rotatable bonds is 7. The van der Waals surface area contributed by atoms with E-state index >= 15 is 0 Å². The molecular weight excluding hydrogens is 344 g/mol. The normalized spacial score (nSPS) is 10.1. The van der Waals surface area contributed by atoms with E-state index in [4.69, 9.17) is 14.2 Å². The number of para-hydroxylation sites is 1. The number of ether oxygens (including phenoxy) is 3. The van der Waals surface area contributed by atoms with Gasteiger partial charge in [-0.3, -0.25) is 4.79 Å². The number of hydrogen-bond acceptors (Lipinski definition) is 5. The van der Waals surface area contributed by atoms with Crippen LogP contribution in [0.15, 0.2) is 66.9 Å². The molecule has 3 rings (SSSR count). The third-order valence-corrected chi connectivity index (χ3v) is 3.85. The Morgan fingerprint density at radius 1 is 0.963 bits per heavy atom. The lowest BCUT2D eigenvalue weighted by molar-refractivity contribution is -0.115. The minimum Gasteiger partial charge on any atom is -0.497 e. The lowest BCUT2D eigenvalue weighted by Crippen LogP contribution is -2.15. The summed E-state index contributed by atoms with van der Waals surface area (Å²) in [6.45, 7) is 0. The average Bonchev–Trinajstić information content (AvgIpc) is 2.70. The van der Waals surface area contributed by atoms with Crippen LogP contribution in [0.3, 0.4) is 0 Å². The molecule has 0 fully saturated rings. The zero-order valence-electron chi connectivity index (χ0n) is 15.1. The van der Waals surface area contributed by atoms with Gasteiger partial charge < -0.3 is 19.5 Å². The topological polar surface area (TPSA) is 69.7 Å². The van der Waals surface area contributed by atoms with Crippen LogP contribution in [0.25, 0.3) is 0 Å². The molecular formula is C21H20N2O4. The van der Waals surface area contributed by atoms with Gasteiger partial charge in [0.25, 0.3) is 0 Å². The molecule has 0 unspecified atom stereocenters. The van der Waals surface area contributed by atoms with Crippen molar-refractivity contribution >= 4 is 11.6 Å². The Kier molecular flexibility index (Phi) is 5.89. The first-order valence-electron chi connectivity index (χ1n) is 8.38. The predicted octanol–water partition coefficient (Wildman–Crippen LogP) is 4.07. The molecule has 1 heterocycles. The van der Waals surface area contributed by atoms with E-state index in [9.17, 15) is 4.79 Å². The lowest BCUT2D eigenvalue weighted by Gasteiger charge is -2.13. The molecule has 27 heavy (non-hydrogen) atoms. The number of anilines is 1. The van der Waals surface area contributed by atoms with Crippen molar-refractivity contribution < 1.29 is 19.0 Å².